The Balaban J connectivity index is 2.85. The van der Waals surface area contributed by atoms with Gasteiger partial charge in [-0.15, -0.1) is 0 Å². The number of carbonyl (C=O) groups excluding carboxylic acids is 1. The summed E-state index contributed by atoms with van der Waals surface area (Å²) < 4.78 is 0. The zero-order valence-electron chi connectivity index (χ0n) is 10.7. The number of carboxylic acid groups (broad SMARTS) is 1. The van der Waals surface area contributed by atoms with Gasteiger partial charge in [-0.2, -0.15) is 0 Å². The topological polar surface area (TPSA) is 86.3 Å². The van der Waals surface area contributed by atoms with Gasteiger partial charge >= 0.3 is 5.97 Å². The van der Waals surface area contributed by atoms with Gasteiger partial charge in [0.25, 0.3) is 0 Å². The highest BCUT2D eigenvalue weighted by Crippen LogP contribution is 2.09. The van der Waals surface area contributed by atoms with Gasteiger partial charge in [-0.05, 0) is 13.8 Å². The number of nitrogens with one attached hydrogen (secondary N) is 1. The fraction of sp³-hybridized carbons (Fsp3) is 0.417. The average Bonchev–Trinajstić information content (AvgIpc) is 2.85. The standard InChI is InChI=1S/C12H17N3O3/c1-4-8(2)11(16)15(3)10(12(17)18)5-9-6-13-7-14-9/h4,6-7,10H,5H2,1-3H3,(H,13,14)(H,17,18)/b8-4+/t10-/m0/s1. The van der Waals surface area contributed by atoms with E-state index in [-0.39, 0.29) is 12.3 Å². The second kappa shape index (κ2) is 6.00. The molecule has 0 aliphatic rings. The maximum atomic E-state index is 11.9. The first-order valence-electron chi connectivity index (χ1n) is 5.57. The maximum absolute atomic E-state index is 11.9. The second-order valence-corrected chi connectivity index (χ2v) is 4.02. The molecule has 0 aromatic carbocycles. The quantitative estimate of drug-likeness (QED) is 0.759. The Hall–Kier alpha value is -2.11. The molecular formula is C12H17N3O3. The predicted octanol–water partition coefficient (Wildman–Crippen LogP) is 0.830. The Morgan fingerprint density at radius 3 is 2.72 bits per heavy atom. The summed E-state index contributed by atoms with van der Waals surface area (Å²) in [5.74, 6) is -1.33. The van der Waals surface area contributed by atoms with Crippen LogP contribution < -0.4 is 0 Å². The number of H-pyrrole nitrogens is 1. The summed E-state index contributed by atoms with van der Waals surface area (Å²) in [7, 11) is 1.49. The van der Waals surface area contributed by atoms with Gasteiger partial charge in [0, 0.05) is 30.9 Å². The van der Waals surface area contributed by atoms with Crippen molar-refractivity contribution in [3.8, 4) is 0 Å². The molecule has 1 aromatic rings. The fourth-order valence-corrected chi connectivity index (χ4v) is 1.54. The molecule has 1 aromatic heterocycles. The zero-order chi connectivity index (χ0) is 13.7. The van der Waals surface area contributed by atoms with Crippen molar-refractivity contribution in [3.63, 3.8) is 0 Å². The molecule has 1 amide bonds. The van der Waals surface area contributed by atoms with Gasteiger partial charge in [0.15, 0.2) is 0 Å². The molecule has 0 unspecified atom stereocenters. The van der Waals surface area contributed by atoms with Gasteiger partial charge in [0.2, 0.25) is 5.91 Å². The van der Waals surface area contributed by atoms with Crippen molar-refractivity contribution in [3.05, 3.63) is 29.9 Å². The number of nitrogens with zero attached hydrogens (tertiary/aromatic N) is 2. The van der Waals surface area contributed by atoms with Crippen LogP contribution in [-0.2, 0) is 16.0 Å². The first kappa shape index (κ1) is 14.0. The van der Waals surface area contributed by atoms with E-state index in [0.717, 1.165) is 0 Å². The average molecular weight is 251 g/mol. The minimum atomic E-state index is -1.04. The molecule has 0 bridgehead atoms. The summed E-state index contributed by atoms with van der Waals surface area (Å²) >= 11 is 0. The minimum Gasteiger partial charge on any atom is -0.480 e. The van der Waals surface area contributed by atoms with Gasteiger partial charge in [-0.1, -0.05) is 6.08 Å². The summed E-state index contributed by atoms with van der Waals surface area (Å²) in [6.45, 7) is 3.40. The van der Waals surface area contributed by atoms with E-state index in [4.69, 9.17) is 0 Å². The summed E-state index contributed by atoms with van der Waals surface area (Å²) in [5.41, 5.74) is 1.20. The number of carbonyl (C=O) groups is 2. The van der Waals surface area contributed by atoms with Crippen molar-refractivity contribution in [1.29, 1.82) is 0 Å². The number of likely N-dealkylation sites (N-methyl/N-ethyl adjacent to an activating group) is 1. The highest BCUT2D eigenvalue weighted by atomic mass is 16.4. The van der Waals surface area contributed by atoms with Crippen molar-refractivity contribution in [2.24, 2.45) is 0 Å². The first-order chi connectivity index (χ1) is 8.47. The highest BCUT2D eigenvalue weighted by molar-refractivity contribution is 5.95. The van der Waals surface area contributed by atoms with E-state index >= 15 is 0 Å². The van der Waals surface area contributed by atoms with Gasteiger partial charge in [0.05, 0.1) is 6.33 Å². The van der Waals surface area contributed by atoms with Gasteiger partial charge < -0.3 is 15.0 Å². The Morgan fingerprint density at radius 2 is 2.28 bits per heavy atom. The molecule has 1 heterocycles. The number of imidazole rings is 1. The van der Waals surface area contributed by atoms with E-state index in [2.05, 4.69) is 9.97 Å². The highest BCUT2D eigenvalue weighted by Gasteiger charge is 2.27. The molecule has 98 valence electrons. The maximum Gasteiger partial charge on any atom is 0.326 e. The zero-order valence-corrected chi connectivity index (χ0v) is 10.7. The second-order valence-electron chi connectivity index (χ2n) is 4.02. The SMILES string of the molecule is C/C=C(\C)C(=O)N(C)[C@@H](Cc1cnc[nH]1)C(=O)O. The Morgan fingerprint density at radius 1 is 1.61 bits per heavy atom. The van der Waals surface area contributed by atoms with Crippen LogP contribution in [0.2, 0.25) is 0 Å². The van der Waals surface area contributed by atoms with Crippen molar-refractivity contribution < 1.29 is 14.7 Å². The molecule has 0 fully saturated rings. The minimum absolute atomic E-state index is 0.203. The molecule has 0 saturated carbocycles. The van der Waals surface area contributed by atoms with E-state index in [1.807, 2.05) is 0 Å². The normalized spacial score (nSPS) is 13.2. The Labute approximate surface area is 105 Å². The monoisotopic (exact) mass is 251 g/mol. The molecule has 0 aliphatic carbocycles. The summed E-state index contributed by atoms with van der Waals surface area (Å²) in [4.78, 5) is 31.0. The number of hydrogen-bond acceptors (Lipinski definition) is 3. The van der Waals surface area contributed by atoms with Crippen molar-refractivity contribution in [2.75, 3.05) is 7.05 Å². The summed E-state index contributed by atoms with van der Waals surface area (Å²) in [6.07, 6.45) is 4.90. The molecule has 18 heavy (non-hydrogen) atoms. The molecule has 1 atom stereocenters. The van der Waals surface area contributed by atoms with Crippen LogP contribution in [0.25, 0.3) is 0 Å². The van der Waals surface area contributed by atoms with Crippen molar-refractivity contribution in [2.45, 2.75) is 26.3 Å². The molecule has 0 spiro atoms. The molecule has 1 rings (SSSR count). The van der Waals surface area contributed by atoms with Gasteiger partial charge in [0.1, 0.15) is 6.04 Å². The Bertz CT molecular complexity index is 451. The third-order valence-corrected chi connectivity index (χ3v) is 2.81. The lowest BCUT2D eigenvalue weighted by atomic mass is 10.1. The van der Waals surface area contributed by atoms with E-state index < -0.39 is 12.0 Å². The van der Waals surface area contributed by atoms with Gasteiger partial charge in [-0.3, -0.25) is 4.79 Å². The molecule has 0 radical (unpaired) electrons. The third-order valence-electron chi connectivity index (χ3n) is 2.81. The van der Waals surface area contributed by atoms with Crippen LogP contribution in [0.15, 0.2) is 24.2 Å². The summed E-state index contributed by atoms with van der Waals surface area (Å²) in [6, 6.07) is -0.909. The van der Waals surface area contributed by atoms with E-state index in [1.54, 1.807) is 26.1 Å². The predicted molar refractivity (Wildman–Crippen MR) is 65.9 cm³/mol. The lowest BCUT2D eigenvalue weighted by molar-refractivity contribution is -0.147. The first-order valence-corrected chi connectivity index (χ1v) is 5.57. The number of allylic oxidation sites excluding steroid dienone is 1. The largest absolute Gasteiger partial charge is 0.480 e. The number of amides is 1. The van der Waals surface area contributed by atoms with E-state index in [1.165, 1.54) is 18.3 Å². The lowest BCUT2D eigenvalue weighted by Crippen LogP contribution is -2.44. The Kier molecular flexibility index (Phi) is 4.65. The van der Waals surface area contributed by atoms with E-state index in [9.17, 15) is 14.7 Å². The van der Waals surface area contributed by atoms with Crippen LogP contribution in [0.1, 0.15) is 19.5 Å². The fourth-order valence-electron chi connectivity index (χ4n) is 1.54. The van der Waals surface area contributed by atoms with Crippen LogP contribution in [0, 0.1) is 0 Å². The third kappa shape index (κ3) is 3.19. The molecule has 0 aliphatic heterocycles. The number of carboxylic acids is 1. The van der Waals surface area contributed by atoms with Crippen LogP contribution in [-0.4, -0.2) is 44.9 Å². The molecule has 6 heteroatoms. The van der Waals surface area contributed by atoms with Crippen molar-refractivity contribution >= 4 is 11.9 Å². The number of rotatable bonds is 5. The van der Waals surface area contributed by atoms with E-state index in [0.29, 0.717) is 11.3 Å². The van der Waals surface area contributed by atoms with Crippen LogP contribution in [0.4, 0.5) is 0 Å². The molecule has 2 N–H and O–H groups in total. The molecule has 0 saturated heterocycles. The van der Waals surface area contributed by atoms with Crippen LogP contribution in [0.5, 0.6) is 0 Å². The number of hydrogen-bond donors (Lipinski definition) is 2. The lowest BCUT2D eigenvalue weighted by Gasteiger charge is -2.24. The summed E-state index contributed by atoms with van der Waals surface area (Å²) in [5, 5.41) is 9.20. The molecule has 6 nitrogen and oxygen atoms in total. The van der Waals surface area contributed by atoms with Gasteiger partial charge in [-0.25, -0.2) is 9.78 Å². The smallest absolute Gasteiger partial charge is 0.326 e. The number of aromatic nitrogens is 2. The van der Waals surface area contributed by atoms with Crippen molar-refractivity contribution in [1.82, 2.24) is 14.9 Å². The van der Waals surface area contributed by atoms with Crippen LogP contribution >= 0.6 is 0 Å². The number of aromatic amines is 1. The molecular weight excluding hydrogens is 234 g/mol. The van der Waals surface area contributed by atoms with Crippen LogP contribution in [0.3, 0.4) is 0 Å². The number of aliphatic carboxylic acids is 1.